The molecule has 0 aliphatic carbocycles. The smallest absolute Gasteiger partial charge is 0.417 e. The number of halogens is 4. The first-order valence-electron chi connectivity index (χ1n) is 11.2. The highest BCUT2D eigenvalue weighted by Crippen LogP contribution is 2.47. The predicted octanol–water partition coefficient (Wildman–Crippen LogP) is 6.54. The summed E-state index contributed by atoms with van der Waals surface area (Å²) < 4.78 is 52.0. The van der Waals surface area contributed by atoms with E-state index in [0.29, 0.717) is 47.2 Å². The molecule has 2 aromatic heterocycles. The lowest BCUT2D eigenvalue weighted by Crippen LogP contribution is -2.20. The summed E-state index contributed by atoms with van der Waals surface area (Å²) >= 11 is 5.85. The number of hydrogen-bond acceptors (Lipinski definition) is 5. The molecule has 0 fully saturated rings. The minimum absolute atomic E-state index is 0.0795. The van der Waals surface area contributed by atoms with Crippen molar-refractivity contribution in [2.75, 3.05) is 5.32 Å². The van der Waals surface area contributed by atoms with E-state index in [1.165, 1.54) is 6.07 Å². The third-order valence-electron chi connectivity index (χ3n) is 6.44. The van der Waals surface area contributed by atoms with Crippen molar-refractivity contribution < 1.29 is 27.4 Å². The van der Waals surface area contributed by atoms with Gasteiger partial charge < -0.3 is 19.8 Å². The van der Waals surface area contributed by atoms with E-state index >= 15 is 0 Å². The maximum Gasteiger partial charge on any atom is 0.417 e. The number of nitrogens with one attached hydrogen (secondary N) is 2. The van der Waals surface area contributed by atoms with Crippen LogP contribution in [0.1, 0.15) is 47.9 Å². The number of alkyl halides is 3. The molecule has 6 rings (SSSR count). The molecule has 0 bridgehead atoms. The molecule has 2 aliphatic heterocycles. The van der Waals surface area contributed by atoms with Gasteiger partial charge in [-0.3, -0.25) is 4.79 Å². The number of imidazole rings is 1. The standard InChI is InChI=1S/C25H18ClF3N4O3/c1-11-14-8-12(35-20-6-7-30-23-13(20)3-5-21(34)33-23)2-4-19(14)36-22(11)24-31-17-9-15(25(27,28)29)16(26)10-18(17)32-24/h2,4,6-11,22H,3,5H2,1H3,(H,31,32)(H,30,33,34). The Bertz CT molecular complexity index is 1540. The molecule has 2 N–H and O–H groups in total. The fourth-order valence-corrected chi connectivity index (χ4v) is 4.90. The zero-order chi connectivity index (χ0) is 25.2. The zero-order valence-electron chi connectivity index (χ0n) is 18.7. The minimum atomic E-state index is -4.57. The number of aromatic nitrogens is 3. The normalized spacial score (nSPS) is 19.0. The molecule has 2 unspecified atom stereocenters. The monoisotopic (exact) mass is 514 g/mol. The van der Waals surface area contributed by atoms with E-state index < -0.39 is 22.9 Å². The number of ether oxygens (including phenoxy) is 2. The molecule has 0 spiro atoms. The van der Waals surface area contributed by atoms with Gasteiger partial charge in [0.2, 0.25) is 5.91 Å². The topological polar surface area (TPSA) is 89.1 Å². The molecule has 2 aliphatic rings. The van der Waals surface area contributed by atoms with Crippen molar-refractivity contribution >= 4 is 34.4 Å². The Morgan fingerprint density at radius 1 is 1.17 bits per heavy atom. The van der Waals surface area contributed by atoms with E-state index in [1.54, 1.807) is 24.4 Å². The molecule has 7 nitrogen and oxygen atoms in total. The number of carbonyl (C=O) groups excluding carboxylic acids is 1. The van der Waals surface area contributed by atoms with Gasteiger partial charge in [-0.25, -0.2) is 9.97 Å². The van der Waals surface area contributed by atoms with Crippen LogP contribution in [0, 0.1) is 0 Å². The first-order valence-corrected chi connectivity index (χ1v) is 11.6. The predicted molar refractivity (Wildman–Crippen MR) is 126 cm³/mol. The van der Waals surface area contributed by atoms with Gasteiger partial charge in [0, 0.05) is 29.7 Å². The Kier molecular flexibility index (Phi) is 5.11. The molecule has 36 heavy (non-hydrogen) atoms. The van der Waals surface area contributed by atoms with Gasteiger partial charge in [0.25, 0.3) is 0 Å². The van der Waals surface area contributed by atoms with Gasteiger partial charge in [0.05, 0.1) is 21.6 Å². The number of pyridine rings is 1. The summed E-state index contributed by atoms with van der Waals surface area (Å²) in [5.41, 5.74) is 1.35. The van der Waals surface area contributed by atoms with E-state index in [4.69, 9.17) is 21.1 Å². The van der Waals surface area contributed by atoms with Gasteiger partial charge in [-0.1, -0.05) is 18.5 Å². The van der Waals surface area contributed by atoms with Crippen molar-refractivity contribution in [1.82, 2.24) is 15.0 Å². The van der Waals surface area contributed by atoms with Gasteiger partial charge in [-0.05, 0) is 42.8 Å². The van der Waals surface area contributed by atoms with Crippen molar-refractivity contribution in [3.8, 4) is 17.2 Å². The summed E-state index contributed by atoms with van der Waals surface area (Å²) in [5.74, 6) is 2.50. The number of aromatic amines is 1. The number of anilines is 1. The second-order valence-corrected chi connectivity index (χ2v) is 9.19. The second-order valence-electron chi connectivity index (χ2n) is 8.78. The van der Waals surface area contributed by atoms with Crippen LogP contribution in [-0.2, 0) is 17.4 Å². The number of hydrogen-bond donors (Lipinski definition) is 2. The molecule has 1 amide bonds. The molecule has 0 radical (unpaired) electrons. The molecule has 2 atom stereocenters. The summed E-state index contributed by atoms with van der Waals surface area (Å²) in [5, 5.41) is 2.35. The fraction of sp³-hybridized carbons (Fsp3) is 0.240. The van der Waals surface area contributed by atoms with Crippen LogP contribution in [-0.4, -0.2) is 20.9 Å². The average molecular weight is 515 g/mol. The number of rotatable bonds is 3. The summed E-state index contributed by atoms with van der Waals surface area (Å²) in [4.78, 5) is 23.3. The van der Waals surface area contributed by atoms with E-state index in [1.807, 2.05) is 13.0 Å². The van der Waals surface area contributed by atoms with Crippen LogP contribution in [0.5, 0.6) is 17.2 Å². The lowest BCUT2D eigenvalue weighted by atomic mass is 9.97. The summed E-state index contributed by atoms with van der Waals surface area (Å²) in [6.45, 7) is 1.95. The summed E-state index contributed by atoms with van der Waals surface area (Å²) in [6, 6.07) is 9.35. The maximum atomic E-state index is 13.3. The molecule has 0 saturated carbocycles. The van der Waals surface area contributed by atoms with Gasteiger partial charge in [-0.2, -0.15) is 13.2 Å². The van der Waals surface area contributed by atoms with Crippen LogP contribution >= 0.6 is 11.6 Å². The van der Waals surface area contributed by atoms with Crippen LogP contribution in [0.15, 0.2) is 42.6 Å². The van der Waals surface area contributed by atoms with Gasteiger partial charge >= 0.3 is 6.18 Å². The highest BCUT2D eigenvalue weighted by Gasteiger charge is 2.37. The molecule has 11 heteroatoms. The number of fused-ring (bicyclic) bond motifs is 3. The SMILES string of the molecule is CC1c2cc(Oc3ccnc4c3CCC(=O)N4)ccc2OC1c1nc2cc(Cl)c(C(F)(F)F)cc2[nH]1. The molecule has 2 aromatic carbocycles. The molecule has 184 valence electrons. The van der Waals surface area contributed by atoms with Crippen LogP contribution in [0.25, 0.3) is 11.0 Å². The lowest BCUT2D eigenvalue weighted by molar-refractivity contribution is -0.137. The van der Waals surface area contributed by atoms with E-state index in [0.717, 1.165) is 17.2 Å². The van der Waals surface area contributed by atoms with Crippen molar-refractivity contribution in [3.05, 3.63) is 70.1 Å². The Morgan fingerprint density at radius 2 is 2.00 bits per heavy atom. The summed E-state index contributed by atoms with van der Waals surface area (Å²) in [6.07, 6.45) is -2.63. The van der Waals surface area contributed by atoms with E-state index in [-0.39, 0.29) is 17.3 Å². The minimum Gasteiger partial charge on any atom is -0.482 e. The molecular formula is C25H18ClF3N4O3. The summed E-state index contributed by atoms with van der Waals surface area (Å²) in [7, 11) is 0. The van der Waals surface area contributed by atoms with E-state index in [2.05, 4.69) is 20.3 Å². The first kappa shape index (κ1) is 22.7. The van der Waals surface area contributed by atoms with Crippen LogP contribution < -0.4 is 14.8 Å². The number of amides is 1. The molecular weight excluding hydrogens is 497 g/mol. The Morgan fingerprint density at radius 3 is 2.81 bits per heavy atom. The van der Waals surface area contributed by atoms with Crippen molar-refractivity contribution in [1.29, 1.82) is 0 Å². The average Bonchev–Trinajstić information content (AvgIpc) is 3.38. The number of nitrogens with zero attached hydrogens (tertiary/aromatic N) is 2. The van der Waals surface area contributed by atoms with Crippen molar-refractivity contribution in [2.45, 2.75) is 38.0 Å². The molecule has 0 saturated heterocycles. The molecule has 4 heterocycles. The van der Waals surface area contributed by atoms with Gasteiger partial charge in [0.15, 0.2) is 6.10 Å². The maximum absolute atomic E-state index is 13.3. The van der Waals surface area contributed by atoms with Crippen LogP contribution in [0.2, 0.25) is 5.02 Å². The van der Waals surface area contributed by atoms with Crippen molar-refractivity contribution in [3.63, 3.8) is 0 Å². The highest BCUT2D eigenvalue weighted by atomic mass is 35.5. The van der Waals surface area contributed by atoms with E-state index in [9.17, 15) is 18.0 Å². The van der Waals surface area contributed by atoms with Crippen LogP contribution in [0.4, 0.5) is 19.0 Å². The number of benzene rings is 2. The number of carbonyl (C=O) groups is 1. The largest absolute Gasteiger partial charge is 0.482 e. The Labute approximate surface area is 207 Å². The fourth-order valence-electron chi connectivity index (χ4n) is 4.63. The van der Waals surface area contributed by atoms with Gasteiger partial charge in [-0.15, -0.1) is 0 Å². The quantitative estimate of drug-likeness (QED) is 0.324. The van der Waals surface area contributed by atoms with Gasteiger partial charge in [0.1, 0.15) is 28.9 Å². The first-order chi connectivity index (χ1) is 17.2. The Balaban J connectivity index is 1.28. The number of H-pyrrole nitrogens is 1. The highest BCUT2D eigenvalue weighted by molar-refractivity contribution is 6.32. The third-order valence-corrected chi connectivity index (χ3v) is 6.76. The Hall–Kier alpha value is -3.79. The third kappa shape index (κ3) is 3.81. The lowest BCUT2D eigenvalue weighted by Gasteiger charge is -2.19. The second kappa shape index (κ2) is 8.12. The van der Waals surface area contributed by atoms with Crippen molar-refractivity contribution in [2.24, 2.45) is 0 Å². The zero-order valence-corrected chi connectivity index (χ0v) is 19.5. The molecule has 4 aromatic rings. The van der Waals surface area contributed by atoms with Crippen LogP contribution in [0.3, 0.4) is 0 Å².